The molecule has 0 unspecified atom stereocenters. The fourth-order valence-corrected chi connectivity index (χ4v) is 10.3. The molecule has 12 rings (SSSR count). The lowest BCUT2D eigenvalue weighted by Crippen LogP contribution is -2.10. The summed E-state index contributed by atoms with van der Waals surface area (Å²) in [5.74, 6) is 0. The molecule has 12 aromatic carbocycles. The Morgan fingerprint density at radius 1 is 0.257 bits per heavy atom. The molecule has 0 aromatic heterocycles. The van der Waals surface area contributed by atoms with E-state index in [0.717, 1.165) is 34.1 Å². The summed E-state index contributed by atoms with van der Waals surface area (Å²) in [5.41, 5.74) is 17.8. The van der Waals surface area contributed by atoms with Crippen LogP contribution in [0.4, 0.5) is 34.1 Å². The van der Waals surface area contributed by atoms with Gasteiger partial charge < -0.3 is 9.80 Å². The molecule has 0 atom stereocenters. The Hall–Kier alpha value is -8.72. The fraction of sp³-hybridized carbons (Fsp3) is 0.0588. The first-order valence-electron chi connectivity index (χ1n) is 24.3. The van der Waals surface area contributed by atoms with Gasteiger partial charge in [0.1, 0.15) is 0 Å². The van der Waals surface area contributed by atoms with Crippen molar-refractivity contribution in [1.82, 2.24) is 0 Å². The topological polar surface area (TPSA) is 6.48 Å². The van der Waals surface area contributed by atoms with Crippen LogP contribution in [0.25, 0.3) is 76.8 Å². The number of benzene rings is 12. The Kier molecular flexibility index (Phi) is 10.8. The second-order valence-electron chi connectivity index (χ2n) is 19.4. The molecule has 0 saturated heterocycles. The van der Waals surface area contributed by atoms with Crippen molar-refractivity contribution in [2.45, 2.75) is 26.2 Å². The third-order valence-electron chi connectivity index (χ3n) is 13.9. The number of para-hydroxylation sites is 4. The predicted molar refractivity (Wildman–Crippen MR) is 300 cm³/mol. The smallest absolute Gasteiger partial charge is 0.0462 e. The average Bonchev–Trinajstić information content (AvgIpc) is 3.42. The summed E-state index contributed by atoms with van der Waals surface area (Å²) in [6.07, 6.45) is 0. The van der Waals surface area contributed by atoms with Crippen LogP contribution in [-0.2, 0) is 5.41 Å². The number of rotatable bonds is 10. The maximum absolute atomic E-state index is 2.43. The Labute approximate surface area is 411 Å². The fourth-order valence-electron chi connectivity index (χ4n) is 10.3. The van der Waals surface area contributed by atoms with E-state index in [1.165, 1.54) is 82.4 Å². The third-order valence-corrected chi connectivity index (χ3v) is 13.9. The van der Waals surface area contributed by atoms with Crippen molar-refractivity contribution in [3.8, 4) is 44.5 Å². The van der Waals surface area contributed by atoms with Crippen molar-refractivity contribution < 1.29 is 0 Å². The molecule has 0 aliphatic heterocycles. The van der Waals surface area contributed by atoms with Gasteiger partial charge in [0.25, 0.3) is 0 Å². The number of anilines is 6. The molecule has 0 heterocycles. The van der Waals surface area contributed by atoms with Crippen LogP contribution in [0.2, 0.25) is 0 Å². The zero-order chi connectivity index (χ0) is 47.2. The van der Waals surface area contributed by atoms with Gasteiger partial charge in [0.2, 0.25) is 0 Å². The van der Waals surface area contributed by atoms with E-state index in [2.05, 4.69) is 291 Å². The van der Waals surface area contributed by atoms with Gasteiger partial charge in [-0.1, -0.05) is 203 Å². The van der Waals surface area contributed by atoms with E-state index >= 15 is 0 Å². The quantitative estimate of drug-likeness (QED) is 0.126. The molecule has 0 saturated carbocycles. The van der Waals surface area contributed by atoms with Gasteiger partial charge in [-0.2, -0.15) is 0 Å². The summed E-state index contributed by atoms with van der Waals surface area (Å²) >= 11 is 0. The zero-order valence-corrected chi connectivity index (χ0v) is 39.7. The monoisotopic (exact) mass is 896 g/mol. The first-order chi connectivity index (χ1) is 34.3. The van der Waals surface area contributed by atoms with Gasteiger partial charge in [-0.05, 0) is 167 Å². The van der Waals surface area contributed by atoms with Gasteiger partial charge in [0.15, 0.2) is 0 Å². The Morgan fingerprint density at radius 2 is 0.543 bits per heavy atom. The van der Waals surface area contributed by atoms with Crippen LogP contribution in [-0.4, -0.2) is 0 Å². The molecule has 0 aliphatic rings. The molecule has 0 radical (unpaired) electrons. The highest BCUT2D eigenvalue weighted by molar-refractivity contribution is 6.28. The highest BCUT2D eigenvalue weighted by atomic mass is 15.1. The molecule has 70 heavy (non-hydrogen) atoms. The van der Waals surface area contributed by atoms with Crippen LogP contribution < -0.4 is 9.80 Å². The van der Waals surface area contributed by atoms with Gasteiger partial charge in [0, 0.05) is 34.1 Å². The van der Waals surface area contributed by atoms with Crippen molar-refractivity contribution in [3.05, 3.63) is 266 Å². The summed E-state index contributed by atoms with van der Waals surface area (Å²) in [6, 6.07) is 95.2. The van der Waals surface area contributed by atoms with Crippen molar-refractivity contribution >= 4 is 66.4 Å². The Morgan fingerprint density at radius 3 is 0.857 bits per heavy atom. The molecule has 0 fully saturated rings. The summed E-state index contributed by atoms with van der Waals surface area (Å²) in [4.78, 5) is 4.61. The van der Waals surface area contributed by atoms with Crippen molar-refractivity contribution in [2.75, 3.05) is 9.80 Å². The maximum atomic E-state index is 2.43. The molecule has 0 bridgehead atoms. The van der Waals surface area contributed by atoms with Gasteiger partial charge >= 0.3 is 0 Å². The summed E-state index contributed by atoms with van der Waals surface area (Å²) < 4.78 is 0. The molecular weight excluding hydrogens is 845 g/mol. The van der Waals surface area contributed by atoms with Crippen LogP contribution >= 0.6 is 0 Å². The summed E-state index contributed by atoms with van der Waals surface area (Å²) in [7, 11) is 0. The summed E-state index contributed by atoms with van der Waals surface area (Å²) in [6.45, 7) is 6.92. The highest BCUT2D eigenvalue weighted by Crippen LogP contribution is 2.46. The zero-order valence-electron chi connectivity index (χ0n) is 39.7. The minimum Gasteiger partial charge on any atom is -0.311 e. The lowest BCUT2D eigenvalue weighted by molar-refractivity contribution is 0.591. The maximum Gasteiger partial charge on any atom is 0.0462 e. The van der Waals surface area contributed by atoms with Gasteiger partial charge in [-0.15, -0.1) is 0 Å². The standard InChI is InChI=1S/C68H52N2/c1-68(2,3)55-44-53-36-42-62-64(51-28-24-47(25-29-51)49-32-38-60(39-33-49)69(56-16-8-4-9-17-56)57-18-10-5-11-19-57)46-65(63-43-37-54(45-55)66(53)67(62)63)52-30-26-48(27-31-52)50-34-40-61(41-35-50)70(58-20-12-6-13-21-58)59-22-14-7-15-23-59/h4-46H,1-3H3. The molecule has 2 nitrogen and oxygen atoms in total. The molecule has 334 valence electrons. The molecule has 0 amide bonds. The number of hydrogen-bond acceptors (Lipinski definition) is 2. The minimum absolute atomic E-state index is 0.0389. The third kappa shape index (κ3) is 7.94. The van der Waals surface area contributed by atoms with E-state index in [1.54, 1.807) is 0 Å². The van der Waals surface area contributed by atoms with Gasteiger partial charge in [-0.25, -0.2) is 0 Å². The normalized spacial score (nSPS) is 11.6. The Balaban J connectivity index is 0.915. The SMILES string of the molecule is CC(C)(C)c1cc2ccc3c(-c4ccc(-c5ccc(N(c6ccccc6)c6ccccc6)cc5)cc4)cc(-c4ccc(-c5ccc(N(c6ccccc6)c6ccccc6)cc5)cc4)c4ccc(c1)c2c34. The lowest BCUT2D eigenvalue weighted by atomic mass is 9.81. The molecule has 2 heteroatoms. The first kappa shape index (κ1) is 42.6. The molecular formula is C68H52N2. The van der Waals surface area contributed by atoms with E-state index in [1.807, 2.05) is 0 Å². The van der Waals surface area contributed by atoms with Crippen LogP contribution in [0.15, 0.2) is 261 Å². The number of nitrogens with zero attached hydrogens (tertiary/aromatic N) is 2. The van der Waals surface area contributed by atoms with Crippen LogP contribution in [0.5, 0.6) is 0 Å². The van der Waals surface area contributed by atoms with Crippen LogP contribution in [0.1, 0.15) is 26.3 Å². The van der Waals surface area contributed by atoms with E-state index < -0.39 is 0 Å². The molecule has 0 spiro atoms. The van der Waals surface area contributed by atoms with Crippen molar-refractivity contribution in [2.24, 2.45) is 0 Å². The first-order valence-corrected chi connectivity index (χ1v) is 24.3. The molecule has 0 aliphatic carbocycles. The summed E-state index contributed by atoms with van der Waals surface area (Å²) in [5, 5.41) is 7.78. The largest absolute Gasteiger partial charge is 0.311 e. The van der Waals surface area contributed by atoms with Crippen LogP contribution in [0.3, 0.4) is 0 Å². The lowest BCUT2D eigenvalue weighted by Gasteiger charge is -2.25. The van der Waals surface area contributed by atoms with E-state index in [-0.39, 0.29) is 5.41 Å². The second kappa shape index (κ2) is 17.7. The van der Waals surface area contributed by atoms with Crippen molar-refractivity contribution in [1.29, 1.82) is 0 Å². The second-order valence-corrected chi connectivity index (χ2v) is 19.4. The van der Waals surface area contributed by atoms with E-state index in [4.69, 9.17) is 0 Å². The minimum atomic E-state index is 0.0389. The van der Waals surface area contributed by atoms with Gasteiger partial charge in [-0.3, -0.25) is 0 Å². The van der Waals surface area contributed by atoms with Crippen LogP contribution in [0, 0.1) is 0 Å². The van der Waals surface area contributed by atoms with E-state index in [9.17, 15) is 0 Å². The number of hydrogen-bond donors (Lipinski definition) is 0. The highest BCUT2D eigenvalue weighted by Gasteiger charge is 2.21. The van der Waals surface area contributed by atoms with Gasteiger partial charge in [0.05, 0.1) is 0 Å². The van der Waals surface area contributed by atoms with E-state index in [0.29, 0.717) is 0 Å². The Bertz CT molecular complexity index is 3410. The van der Waals surface area contributed by atoms with Crippen molar-refractivity contribution in [3.63, 3.8) is 0 Å². The predicted octanol–water partition coefficient (Wildman–Crippen LogP) is 19.5. The average molecular weight is 897 g/mol. The molecule has 0 N–H and O–H groups in total. The molecule has 12 aromatic rings.